The highest BCUT2D eigenvalue weighted by molar-refractivity contribution is 14.1. The number of fused-ring (bicyclic) bond motifs is 1. The van der Waals surface area contributed by atoms with E-state index in [1.54, 1.807) is 25.3 Å². The Morgan fingerprint density at radius 3 is 2.83 bits per heavy atom. The number of hydrogen-bond acceptors (Lipinski definition) is 8. The number of amides is 1. The molecule has 0 unspecified atom stereocenters. The first-order chi connectivity index (χ1) is 14.0. The SMILES string of the molecule is COc1ccc2nc(/N=C3/NC(=O)C(=Cc4cc(I)c(O)c(OC)c4)S3)sc2c1. The van der Waals surface area contributed by atoms with Gasteiger partial charge in [0.25, 0.3) is 5.91 Å². The Morgan fingerprint density at radius 1 is 1.24 bits per heavy atom. The maximum Gasteiger partial charge on any atom is 0.264 e. The Bertz CT molecular complexity index is 1190. The van der Waals surface area contributed by atoms with Gasteiger partial charge in [0, 0.05) is 0 Å². The molecule has 0 saturated carbocycles. The molecule has 1 amide bonds. The van der Waals surface area contributed by atoms with Gasteiger partial charge in [0.15, 0.2) is 16.7 Å². The molecule has 1 fully saturated rings. The van der Waals surface area contributed by atoms with Crippen LogP contribution in [0, 0.1) is 3.57 Å². The van der Waals surface area contributed by atoms with E-state index in [0.29, 0.717) is 24.5 Å². The second-order valence-corrected chi connectivity index (χ2v) is 9.07. The summed E-state index contributed by atoms with van der Waals surface area (Å²) in [5.74, 6) is 0.950. The fourth-order valence-corrected chi connectivity index (χ4v) is 5.00. The molecule has 4 rings (SSSR count). The zero-order valence-corrected chi connectivity index (χ0v) is 19.0. The molecule has 0 spiro atoms. The van der Waals surface area contributed by atoms with E-state index in [1.165, 1.54) is 30.2 Å². The van der Waals surface area contributed by atoms with Crippen LogP contribution >= 0.6 is 45.7 Å². The summed E-state index contributed by atoms with van der Waals surface area (Å²) in [6.07, 6.45) is 1.73. The minimum Gasteiger partial charge on any atom is -0.504 e. The second-order valence-electron chi connectivity index (χ2n) is 5.87. The van der Waals surface area contributed by atoms with E-state index in [0.717, 1.165) is 21.5 Å². The van der Waals surface area contributed by atoms with Gasteiger partial charge in [-0.2, -0.15) is 4.99 Å². The third kappa shape index (κ3) is 4.19. The van der Waals surface area contributed by atoms with Gasteiger partial charge in [-0.25, -0.2) is 4.98 Å². The molecular formula is C19H14IN3O4S2. The smallest absolute Gasteiger partial charge is 0.264 e. The van der Waals surface area contributed by atoms with E-state index in [2.05, 4.69) is 15.3 Å². The average molecular weight is 539 g/mol. The fourth-order valence-electron chi connectivity index (χ4n) is 2.62. The molecule has 0 bridgehead atoms. The quantitative estimate of drug-likeness (QED) is 0.375. The minimum atomic E-state index is -0.237. The molecule has 0 aliphatic carbocycles. The predicted octanol–water partition coefficient (Wildman–Crippen LogP) is 4.52. The van der Waals surface area contributed by atoms with Crippen molar-refractivity contribution in [3.05, 3.63) is 44.4 Å². The number of nitrogens with one attached hydrogen (secondary N) is 1. The molecule has 1 aromatic heterocycles. The Balaban J connectivity index is 1.61. The molecule has 7 nitrogen and oxygen atoms in total. The summed E-state index contributed by atoms with van der Waals surface area (Å²) in [7, 11) is 3.10. The van der Waals surface area contributed by atoms with Crippen molar-refractivity contribution in [3.63, 3.8) is 0 Å². The summed E-state index contributed by atoms with van der Waals surface area (Å²) in [5, 5.41) is 13.7. The van der Waals surface area contributed by atoms with Gasteiger partial charge in [0.2, 0.25) is 5.13 Å². The van der Waals surface area contributed by atoms with Crippen LogP contribution in [0.2, 0.25) is 0 Å². The largest absolute Gasteiger partial charge is 0.504 e. The van der Waals surface area contributed by atoms with E-state index in [1.807, 2.05) is 40.8 Å². The Morgan fingerprint density at radius 2 is 2.07 bits per heavy atom. The van der Waals surface area contributed by atoms with Crippen LogP contribution in [0.15, 0.2) is 40.2 Å². The van der Waals surface area contributed by atoms with Gasteiger partial charge >= 0.3 is 0 Å². The lowest BCUT2D eigenvalue weighted by Crippen LogP contribution is -2.19. The number of halogens is 1. The number of nitrogens with zero attached hydrogens (tertiary/aromatic N) is 2. The maximum absolute atomic E-state index is 12.3. The highest BCUT2D eigenvalue weighted by Crippen LogP contribution is 2.36. The highest BCUT2D eigenvalue weighted by atomic mass is 127. The standard InChI is InChI=1S/C19H14IN3O4S2/c1-26-10-3-4-12-14(8-10)28-18(21-12)23-19-22-17(25)15(29-19)7-9-5-11(20)16(24)13(6-9)27-2/h3-8,24H,1-2H3,(H,21,22,23,25). The van der Waals surface area contributed by atoms with Crippen LogP contribution in [0.25, 0.3) is 16.3 Å². The molecule has 1 saturated heterocycles. The van der Waals surface area contributed by atoms with Crippen molar-refractivity contribution in [2.24, 2.45) is 4.99 Å². The number of phenols is 1. The monoisotopic (exact) mass is 539 g/mol. The van der Waals surface area contributed by atoms with E-state index >= 15 is 0 Å². The summed E-state index contributed by atoms with van der Waals surface area (Å²) < 4.78 is 12.0. The van der Waals surface area contributed by atoms with Crippen LogP contribution in [-0.2, 0) is 4.79 Å². The number of methoxy groups -OCH3 is 2. The van der Waals surface area contributed by atoms with Crippen molar-refractivity contribution in [2.75, 3.05) is 14.2 Å². The number of phenolic OH excluding ortho intramolecular Hbond substituents is 1. The van der Waals surface area contributed by atoms with Crippen LogP contribution in [0.3, 0.4) is 0 Å². The number of benzene rings is 2. The number of amidine groups is 1. The topological polar surface area (TPSA) is 93.0 Å². The predicted molar refractivity (Wildman–Crippen MR) is 124 cm³/mol. The number of carbonyl (C=O) groups is 1. The van der Waals surface area contributed by atoms with Gasteiger partial charge in [0.1, 0.15) is 5.75 Å². The van der Waals surface area contributed by atoms with Gasteiger partial charge < -0.3 is 19.9 Å². The van der Waals surface area contributed by atoms with Crippen LogP contribution in [0.1, 0.15) is 5.56 Å². The van der Waals surface area contributed by atoms with Crippen LogP contribution in [0.5, 0.6) is 17.2 Å². The average Bonchev–Trinajstić information content (AvgIpc) is 3.26. The maximum atomic E-state index is 12.3. The first kappa shape index (κ1) is 20.0. The number of thiazole rings is 1. The number of thioether (sulfide) groups is 1. The number of ether oxygens (including phenoxy) is 2. The van der Waals surface area contributed by atoms with E-state index in [9.17, 15) is 9.90 Å². The Hall–Kier alpha value is -2.31. The van der Waals surface area contributed by atoms with Crippen LogP contribution in [0.4, 0.5) is 5.13 Å². The summed E-state index contributed by atoms with van der Waals surface area (Å²) in [5.41, 5.74) is 1.57. The number of aromatic hydroxyl groups is 1. The van der Waals surface area contributed by atoms with Crippen molar-refractivity contribution < 1.29 is 19.4 Å². The number of carbonyl (C=O) groups excluding carboxylic acids is 1. The van der Waals surface area contributed by atoms with E-state index in [4.69, 9.17) is 9.47 Å². The molecule has 2 aromatic carbocycles. The Labute approximate surface area is 188 Å². The van der Waals surface area contributed by atoms with Crippen molar-refractivity contribution in [1.82, 2.24) is 10.3 Å². The van der Waals surface area contributed by atoms with Crippen LogP contribution in [-0.4, -0.2) is 35.4 Å². The van der Waals surface area contributed by atoms with Crippen molar-refractivity contribution in [1.29, 1.82) is 0 Å². The molecular weight excluding hydrogens is 525 g/mol. The van der Waals surface area contributed by atoms with Gasteiger partial charge in [-0.3, -0.25) is 4.79 Å². The van der Waals surface area contributed by atoms with E-state index in [-0.39, 0.29) is 11.7 Å². The summed E-state index contributed by atoms with van der Waals surface area (Å²) in [4.78, 5) is 21.8. The van der Waals surface area contributed by atoms with Crippen molar-refractivity contribution in [2.45, 2.75) is 0 Å². The van der Waals surface area contributed by atoms with Gasteiger partial charge in [-0.1, -0.05) is 11.3 Å². The van der Waals surface area contributed by atoms with Gasteiger partial charge in [0.05, 0.1) is 32.9 Å². The summed E-state index contributed by atoms with van der Waals surface area (Å²) in [6, 6.07) is 9.07. The number of hydrogen-bond donors (Lipinski definition) is 2. The molecule has 29 heavy (non-hydrogen) atoms. The van der Waals surface area contributed by atoms with Gasteiger partial charge in [-0.15, -0.1) is 0 Å². The van der Waals surface area contributed by atoms with E-state index < -0.39 is 0 Å². The zero-order chi connectivity index (χ0) is 20.5. The fraction of sp³-hybridized carbons (Fsp3) is 0.105. The molecule has 0 atom stereocenters. The number of rotatable bonds is 4. The third-order valence-corrected chi connectivity index (χ3v) is 6.65. The molecule has 2 N–H and O–H groups in total. The lowest BCUT2D eigenvalue weighted by atomic mass is 10.2. The van der Waals surface area contributed by atoms with Crippen LogP contribution < -0.4 is 14.8 Å². The van der Waals surface area contributed by atoms with Gasteiger partial charge in [-0.05, 0) is 76.3 Å². The molecule has 10 heteroatoms. The molecule has 0 radical (unpaired) electrons. The number of aromatic nitrogens is 1. The first-order valence-electron chi connectivity index (χ1n) is 8.27. The molecule has 1 aliphatic heterocycles. The normalized spacial score (nSPS) is 16.6. The first-order valence-corrected chi connectivity index (χ1v) is 11.0. The summed E-state index contributed by atoms with van der Waals surface area (Å²) >= 11 is 4.67. The van der Waals surface area contributed by atoms with Crippen molar-refractivity contribution in [3.8, 4) is 17.2 Å². The van der Waals surface area contributed by atoms with Crippen molar-refractivity contribution >= 4 is 78.2 Å². The minimum absolute atomic E-state index is 0.0773. The second kappa shape index (κ2) is 8.20. The number of aliphatic imine (C=N–C) groups is 1. The lowest BCUT2D eigenvalue weighted by Gasteiger charge is -2.06. The highest BCUT2D eigenvalue weighted by Gasteiger charge is 2.24. The third-order valence-electron chi connectivity index (χ3n) is 4.00. The molecule has 2 heterocycles. The Kier molecular flexibility index (Phi) is 5.65. The molecule has 148 valence electrons. The zero-order valence-electron chi connectivity index (χ0n) is 15.2. The molecule has 1 aliphatic rings. The summed E-state index contributed by atoms with van der Waals surface area (Å²) in [6.45, 7) is 0. The lowest BCUT2D eigenvalue weighted by molar-refractivity contribution is -0.115. The molecule has 3 aromatic rings.